The first-order chi connectivity index (χ1) is 11.1. The Morgan fingerprint density at radius 1 is 1.17 bits per heavy atom. The summed E-state index contributed by atoms with van der Waals surface area (Å²) >= 11 is 0. The fourth-order valence-electron chi connectivity index (χ4n) is 2.46. The van der Waals surface area contributed by atoms with Crippen LogP contribution in [0.15, 0.2) is 42.5 Å². The number of amides is 1. The summed E-state index contributed by atoms with van der Waals surface area (Å²) in [6, 6.07) is 12.2. The molecule has 5 nitrogen and oxygen atoms in total. The SMILES string of the molecule is Cc1cccc(C(=O)Nc2cc(C3OCCCO3)ccc2O)c1. The smallest absolute Gasteiger partial charge is 0.255 e. The number of rotatable bonds is 3. The minimum Gasteiger partial charge on any atom is -0.506 e. The second kappa shape index (κ2) is 6.81. The van der Waals surface area contributed by atoms with Gasteiger partial charge < -0.3 is 19.9 Å². The Bertz CT molecular complexity index is 708. The van der Waals surface area contributed by atoms with Crippen LogP contribution in [0, 0.1) is 6.92 Å². The largest absolute Gasteiger partial charge is 0.506 e. The maximum absolute atomic E-state index is 12.3. The molecule has 0 spiro atoms. The Hall–Kier alpha value is -2.37. The van der Waals surface area contributed by atoms with Gasteiger partial charge in [0.15, 0.2) is 6.29 Å². The first kappa shape index (κ1) is 15.5. The van der Waals surface area contributed by atoms with Gasteiger partial charge in [-0.3, -0.25) is 4.79 Å². The van der Waals surface area contributed by atoms with E-state index in [0.29, 0.717) is 24.5 Å². The average Bonchev–Trinajstić information content (AvgIpc) is 2.57. The number of carbonyl (C=O) groups is 1. The molecule has 0 bridgehead atoms. The molecule has 2 N–H and O–H groups in total. The van der Waals surface area contributed by atoms with Crippen molar-refractivity contribution in [2.24, 2.45) is 0 Å². The number of phenolic OH excluding ortho intramolecular Hbond substituents is 1. The molecule has 0 unspecified atom stereocenters. The summed E-state index contributed by atoms with van der Waals surface area (Å²) in [4.78, 5) is 12.3. The lowest BCUT2D eigenvalue weighted by Crippen LogP contribution is -2.18. The fourth-order valence-corrected chi connectivity index (χ4v) is 2.46. The Labute approximate surface area is 134 Å². The molecule has 5 heteroatoms. The van der Waals surface area contributed by atoms with Gasteiger partial charge in [-0.25, -0.2) is 0 Å². The lowest BCUT2D eigenvalue weighted by atomic mass is 10.1. The van der Waals surface area contributed by atoms with Gasteiger partial charge in [0.25, 0.3) is 5.91 Å². The lowest BCUT2D eigenvalue weighted by molar-refractivity contribution is -0.183. The predicted octanol–water partition coefficient (Wildman–Crippen LogP) is 3.39. The molecule has 0 aliphatic carbocycles. The Balaban J connectivity index is 1.80. The highest BCUT2D eigenvalue weighted by Crippen LogP contribution is 2.30. The number of benzene rings is 2. The Kier molecular flexibility index (Phi) is 4.60. The molecule has 3 rings (SSSR count). The zero-order valence-electron chi connectivity index (χ0n) is 12.9. The third kappa shape index (κ3) is 3.70. The van der Waals surface area contributed by atoms with Crippen LogP contribution in [0.4, 0.5) is 5.69 Å². The standard InChI is InChI=1S/C18H19NO4/c1-12-4-2-5-13(10-12)17(21)19-15-11-14(6-7-16(15)20)18-22-8-3-9-23-18/h2,4-7,10-11,18,20H,3,8-9H2,1H3,(H,19,21). The van der Waals surface area contributed by atoms with Crippen LogP contribution in [0.25, 0.3) is 0 Å². The molecule has 1 saturated heterocycles. The highest BCUT2D eigenvalue weighted by molar-refractivity contribution is 6.05. The van der Waals surface area contributed by atoms with E-state index < -0.39 is 6.29 Å². The molecule has 1 aliphatic rings. The van der Waals surface area contributed by atoms with E-state index in [1.807, 2.05) is 19.1 Å². The van der Waals surface area contributed by atoms with Crippen molar-refractivity contribution in [3.8, 4) is 5.75 Å². The minimum absolute atomic E-state index is 0.00515. The number of aromatic hydroxyl groups is 1. The van der Waals surface area contributed by atoms with Crippen molar-refractivity contribution in [2.75, 3.05) is 18.5 Å². The van der Waals surface area contributed by atoms with Crippen molar-refractivity contribution < 1.29 is 19.4 Å². The number of nitrogens with one attached hydrogen (secondary N) is 1. The number of phenols is 1. The normalized spacial score (nSPS) is 15.3. The van der Waals surface area contributed by atoms with Crippen molar-refractivity contribution in [1.82, 2.24) is 0 Å². The molecule has 0 saturated carbocycles. The van der Waals surface area contributed by atoms with Crippen LogP contribution < -0.4 is 5.32 Å². The Morgan fingerprint density at radius 2 is 1.96 bits per heavy atom. The minimum atomic E-state index is -0.459. The van der Waals surface area contributed by atoms with E-state index in [2.05, 4.69) is 5.32 Å². The van der Waals surface area contributed by atoms with Gasteiger partial charge in [-0.1, -0.05) is 23.8 Å². The van der Waals surface area contributed by atoms with Gasteiger partial charge in [0, 0.05) is 11.1 Å². The van der Waals surface area contributed by atoms with Crippen molar-refractivity contribution in [2.45, 2.75) is 19.6 Å². The summed E-state index contributed by atoms with van der Waals surface area (Å²) in [5.41, 5.74) is 2.65. The summed E-state index contributed by atoms with van der Waals surface area (Å²) in [6.45, 7) is 3.19. The number of aryl methyl sites for hydroxylation is 1. The van der Waals surface area contributed by atoms with Gasteiger partial charge in [0.05, 0.1) is 18.9 Å². The number of hydrogen-bond donors (Lipinski definition) is 2. The zero-order valence-corrected chi connectivity index (χ0v) is 12.9. The van der Waals surface area contributed by atoms with Crippen LogP contribution in [0.5, 0.6) is 5.75 Å². The van der Waals surface area contributed by atoms with Crippen LogP contribution in [0.2, 0.25) is 0 Å². The van der Waals surface area contributed by atoms with Crippen LogP contribution in [-0.4, -0.2) is 24.2 Å². The molecule has 2 aromatic carbocycles. The molecule has 0 atom stereocenters. The summed E-state index contributed by atoms with van der Waals surface area (Å²) < 4.78 is 11.1. The molecule has 1 amide bonds. The van der Waals surface area contributed by atoms with Gasteiger partial charge in [-0.2, -0.15) is 0 Å². The van der Waals surface area contributed by atoms with Crippen LogP contribution in [0.3, 0.4) is 0 Å². The van der Waals surface area contributed by atoms with Crippen LogP contribution >= 0.6 is 0 Å². The second-order valence-electron chi connectivity index (χ2n) is 5.53. The highest BCUT2D eigenvalue weighted by atomic mass is 16.7. The van der Waals surface area contributed by atoms with Gasteiger partial charge >= 0.3 is 0 Å². The summed E-state index contributed by atoms with van der Waals surface area (Å²) in [6.07, 6.45) is 0.407. The van der Waals surface area contributed by atoms with Crippen molar-refractivity contribution in [1.29, 1.82) is 0 Å². The van der Waals surface area contributed by atoms with Gasteiger partial charge in [0.1, 0.15) is 5.75 Å². The van der Waals surface area contributed by atoms with Crippen LogP contribution in [0.1, 0.15) is 34.2 Å². The van der Waals surface area contributed by atoms with Gasteiger partial charge in [-0.05, 0) is 37.6 Å². The third-order valence-electron chi connectivity index (χ3n) is 3.65. The molecular weight excluding hydrogens is 294 g/mol. The first-order valence-corrected chi connectivity index (χ1v) is 7.57. The number of hydrogen-bond acceptors (Lipinski definition) is 4. The molecule has 0 aromatic heterocycles. The molecule has 0 radical (unpaired) electrons. The van der Waals surface area contributed by atoms with E-state index in [1.165, 1.54) is 6.07 Å². The molecule has 1 aliphatic heterocycles. The van der Waals surface area contributed by atoms with E-state index in [4.69, 9.17) is 9.47 Å². The van der Waals surface area contributed by atoms with Crippen LogP contribution in [-0.2, 0) is 9.47 Å². The monoisotopic (exact) mass is 313 g/mol. The number of carbonyl (C=O) groups excluding carboxylic acids is 1. The predicted molar refractivity (Wildman–Crippen MR) is 86.5 cm³/mol. The fraction of sp³-hybridized carbons (Fsp3) is 0.278. The van der Waals surface area contributed by atoms with E-state index in [0.717, 1.165) is 17.5 Å². The topological polar surface area (TPSA) is 67.8 Å². The van der Waals surface area contributed by atoms with E-state index in [-0.39, 0.29) is 11.7 Å². The summed E-state index contributed by atoms with van der Waals surface area (Å²) in [7, 11) is 0. The summed E-state index contributed by atoms with van der Waals surface area (Å²) in [5.74, 6) is -0.266. The maximum Gasteiger partial charge on any atom is 0.255 e. The van der Waals surface area contributed by atoms with Gasteiger partial charge in [0.2, 0.25) is 0 Å². The average molecular weight is 313 g/mol. The van der Waals surface area contributed by atoms with Crippen molar-refractivity contribution >= 4 is 11.6 Å². The highest BCUT2D eigenvalue weighted by Gasteiger charge is 2.18. The molecule has 23 heavy (non-hydrogen) atoms. The van der Waals surface area contributed by atoms with Crippen molar-refractivity contribution in [3.05, 3.63) is 59.2 Å². The van der Waals surface area contributed by atoms with Gasteiger partial charge in [-0.15, -0.1) is 0 Å². The van der Waals surface area contributed by atoms with E-state index in [1.54, 1.807) is 24.3 Å². The maximum atomic E-state index is 12.3. The second-order valence-corrected chi connectivity index (χ2v) is 5.53. The quantitative estimate of drug-likeness (QED) is 0.852. The zero-order chi connectivity index (χ0) is 16.2. The first-order valence-electron chi connectivity index (χ1n) is 7.57. The lowest BCUT2D eigenvalue weighted by Gasteiger charge is -2.24. The number of ether oxygens (including phenoxy) is 2. The molecular formula is C18H19NO4. The summed E-state index contributed by atoms with van der Waals surface area (Å²) in [5, 5.41) is 12.7. The van der Waals surface area contributed by atoms with Crippen molar-refractivity contribution in [3.63, 3.8) is 0 Å². The van der Waals surface area contributed by atoms with E-state index >= 15 is 0 Å². The molecule has 2 aromatic rings. The number of anilines is 1. The van der Waals surface area contributed by atoms with E-state index in [9.17, 15) is 9.90 Å². The molecule has 120 valence electrons. The Morgan fingerprint density at radius 3 is 2.70 bits per heavy atom. The molecule has 1 fully saturated rings. The molecule has 1 heterocycles. The third-order valence-corrected chi connectivity index (χ3v) is 3.65.